The molecule has 0 spiro atoms. The highest BCUT2D eigenvalue weighted by Gasteiger charge is 2.38. The number of aromatic carboxylic acids is 1. The lowest BCUT2D eigenvalue weighted by molar-refractivity contribution is 0.0692. The van der Waals surface area contributed by atoms with Crippen LogP contribution in [-0.4, -0.2) is 59.8 Å². The van der Waals surface area contributed by atoms with Crippen molar-refractivity contribution in [2.24, 2.45) is 0 Å². The Morgan fingerprint density at radius 2 is 2.19 bits per heavy atom. The minimum Gasteiger partial charge on any atom is -0.478 e. The van der Waals surface area contributed by atoms with Crippen LogP contribution in [0.15, 0.2) is 11.2 Å². The van der Waals surface area contributed by atoms with Crippen LogP contribution in [0.25, 0.3) is 0 Å². The first-order valence-electron chi connectivity index (χ1n) is 7.02. The van der Waals surface area contributed by atoms with Gasteiger partial charge >= 0.3 is 5.97 Å². The summed E-state index contributed by atoms with van der Waals surface area (Å²) in [4.78, 5) is 13.3. The summed E-state index contributed by atoms with van der Waals surface area (Å²) in [6, 6.07) is 0.0463. The molecule has 2 aliphatic rings. The zero-order chi connectivity index (χ0) is 15.0. The van der Waals surface area contributed by atoms with E-state index in [0.29, 0.717) is 0 Å². The molecule has 3 rings (SSSR count). The van der Waals surface area contributed by atoms with Crippen LogP contribution in [0, 0.1) is 0 Å². The Kier molecular flexibility index (Phi) is 3.72. The van der Waals surface area contributed by atoms with E-state index >= 15 is 0 Å². The first kappa shape index (κ1) is 14.5. The number of carboxylic acids is 1. The number of piperidine rings is 1. The number of H-pyrrole nitrogens is 1. The number of hydrogen-bond acceptors (Lipinski definition) is 5. The second-order valence-corrected chi connectivity index (χ2v) is 7.18. The van der Waals surface area contributed by atoms with E-state index in [9.17, 15) is 13.2 Å². The number of aromatic amines is 1. The topological polar surface area (TPSA) is 115 Å². The van der Waals surface area contributed by atoms with Crippen molar-refractivity contribution in [3.05, 3.63) is 11.8 Å². The van der Waals surface area contributed by atoms with Crippen LogP contribution < -0.4 is 4.72 Å². The first-order valence-corrected chi connectivity index (χ1v) is 8.50. The fourth-order valence-corrected chi connectivity index (χ4v) is 4.67. The van der Waals surface area contributed by atoms with Gasteiger partial charge in [0.25, 0.3) is 10.0 Å². The zero-order valence-electron chi connectivity index (χ0n) is 11.4. The summed E-state index contributed by atoms with van der Waals surface area (Å²) in [7, 11) is -3.90. The molecule has 0 amide bonds. The second kappa shape index (κ2) is 5.39. The molecule has 1 aromatic rings. The Balaban J connectivity index is 1.80. The van der Waals surface area contributed by atoms with Gasteiger partial charge in [-0.05, 0) is 25.8 Å². The van der Waals surface area contributed by atoms with Gasteiger partial charge in [-0.2, -0.15) is 5.10 Å². The summed E-state index contributed by atoms with van der Waals surface area (Å²) in [6.07, 6.45) is 4.99. The van der Waals surface area contributed by atoms with Gasteiger partial charge < -0.3 is 5.11 Å². The molecule has 0 radical (unpaired) electrons. The molecule has 2 saturated heterocycles. The summed E-state index contributed by atoms with van der Waals surface area (Å²) in [5.74, 6) is -1.31. The number of sulfonamides is 1. The van der Waals surface area contributed by atoms with Gasteiger partial charge in [0.1, 0.15) is 5.56 Å². The molecule has 9 heteroatoms. The minimum absolute atomic E-state index is 0.166. The summed E-state index contributed by atoms with van der Waals surface area (Å²) in [5, 5.41) is 14.4. The van der Waals surface area contributed by atoms with Crippen LogP contribution in [0.3, 0.4) is 0 Å². The number of nitrogens with one attached hydrogen (secondary N) is 2. The van der Waals surface area contributed by atoms with E-state index in [4.69, 9.17) is 5.11 Å². The molecule has 3 N–H and O–H groups in total. The van der Waals surface area contributed by atoms with Crippen LogP contribution in [0.5, 0.6) is 0 Å². The Morgan fingerprint density at radius 3 is 2.95 bits per heavy atom. The maximum absolute atomic E-state index is 12.4. The second-order valence-electron chi connectivity index (χ2n) is 5.53. The number of carbonyl (C=O) groups is 1. The van der Waals surface area contributed by atoms with Crippen LogP contribution in [-0.2, 0) is 10.0 Å². The highest BCUT2D eigenvalue weighted by Crippen LogP contribution is 2.28. The van der Waals surface area contributed by atoms with E-state index in [1.165, 1.54) is 0 Å². The average Bonchev–Trinajstić information content (AvgIpc) is 3.06. The van der Waals surface area contributed by atoms with Crippen molar-refractivity contribution in [2.75, 3.05) is 13.1 Å². The van der Waals surface area contributed by atoms with Crippen molar-refractivity contribution in [3.8, 4) is 0 Å². The van der Waals surface area contributed by atoms with Crippen LogP contribution in [0.1, 0.15) is 36.0 Å². The molecular weight excluding hydrogens is 296 g/mol. The molecule has 3 heterocycles. The number of hydrogen-bond donors (Lipinski definition) is 3. The third-order valence-corrected chi connectivity index (χ3v) is 5.73. The molecule has 2 unspecified atom stereocenters. The van der Waals surface area contributed by atoms with E-state index in [1.54, 1.807) is 0 Å². The molecular formula is C12H18N4O4S. The maximum atomic E-state index is 12.4. The molecule has 21 heavy (non-hydrogen) atoms. The smallest absolute Gasteiger partial charge is 0.340 e. The van der Waals surface area contributed by atoms with Crippen molar-refractivity contribution in [1.29, 1.82) is 0 Å². The van der Waals surface area contributed by atoms with Gasteiger partial charge in [-0.3, -0.25) is 10.00 Å². The van der Waals surface area contributed by atoms with Crippen molar-refractivity contribution in [2.45, 2.75) is 42.8 Å². The lowest BCUT2D eigenvalue weighted by Gasteiger charge is -2.32. The molecule has 8 nitrogen and oxygen atoms in total. The van der Waals surface area contributed by atoms with E-state index in [1.807, 2.05) is 0 Å². The van der Waals surface area contributed by atoms with Gasteiger partial charge in [-0.15, -0.1) is 0 Å². The number of carboxylic acid groups (broad SMARTS) is 1. The highest BCUT2D eigenvalue weighted by molar-refractivity contribution is 7.89. The van der Waals surface area contributed by atoms with Crippen LogP contribution in [0.4, 0.5) is 0 Å². The highest BCUT2D eigenvalue weighted by atomic mass is 32.2. The lowest BCUT2D eigenvalue weighted by Crippen LogP contribution is -2.46. The fraction of sp³-hybridized carbons (Fsp3) is 0.667. The monoisotopic (exact) mass is 314 g/mol. The van der Waals surface area contributed by atoms with E-state index < -0.39 is 16.0 Å². The van der Waals surface area contributed by atoms with E-state index in [-0.39, 0.29) is 22.7 Å². The third kappa shape index (κ3) is 2.68. The predicted molar refractivity (Wildman–Crippen MR) is 73.5 cm³/mol. The lowest BCUT2D eigenvalue weighted by atomic mass is 10.00. The fourth-order valence-electron chi connectivity index (χ4n) is 3.27. The Bertz CT molecular complexity index is 641. The first-order chi connectivity index (χ1) is 9.99. The molecule has 0 aliphatic carbocycles. The van der Waals surface area contributed by atoms with Crippen molar-refractivity contribution < 1.29 is 18.3 Å². The van der Waals surface area contributed by atoms with E-state index in [2.05, 4.69) is 19.8 Å². The number of aromatic nitrogens is 2. The summed E-state index contributed by atoms with van der Waals surface area (Å²) < 4.78 is 27.4. The summed E-state index contributed by atoms with van der Waals surface area (Å²) in [6.45, 7) is 1.89. The predicted octanol–water partition coefficient (Wildman–Crippen LogP) is 0.0130. The van der Waals surface area contributed by atoms with Crippen LogP contribution >= 0.6 is 0 Å². The SMILES string of the molecule is O=C(O)c1cn[nH]c1S(=O)(=O)NC1CCN2CCCCC12. The quantitative estimate of drug-likeness (QED) is 0.721. The van der Waals surface area contributed by atoms with Gasteiger partial charge in [0.2, 0.25) is 0 Å². The molecule has 0 bridgehead atoms. The van der Waals surface area contributed by atoms with Crippen molar-refractivity contribution >= 4 is 16.0 Å². The third-order valence-electron chi connectivity index (χ3n) is 4.27. The maximum Gasteiger partial charge on any atom is 0.340 e. The van der Waals surface area contributed by atoms with E-state index in [0.717, 1.165) is 45.0 Å². The standard InChI is InChI=1S/C12H18N4O4S/c17-12(18)8-7-13-14-11(8)21(19,20)15-9-4-6-16-5-2-1-3-10(9)16/h7,9-10,15H,1-6H2,(H,13,14)(H,17,18). The minimum atomic E-state index is -3.90. The van der Waals surface area contributed by atoms with Gasteiger partial charge in [-0.1, -0.05) is 6.42 Å². The Morgan fingerprint density at radius 1 is 1.38 bits per heavy atom. The molecule has 0 saturated carbocycles. The zero-order valence-corrected chi connectivity index (χ0v) is 12.3. The molecule has 2 atom stereocenters. The van der Waals surface area contributed by atoms with Crippen molar-refractivity contribution in [3.63, 3.8) is 0 Å². The normalized spacial score (nSPS) is 26.7. The van der Waals surface area contributed by atoms with Gasteiger partial charge in [-0.25, -0.2) is 17.9 Å². The summed E-state index contributed by atoms with van der Waals surface area (Å²) in [5.41, 5.74) is -0.332. The summed E-state index contributed by atoms with van der Waals surface area (Å²) >= 11 is 0. The molecule has 1 aromatic heterocycles. The molecule has 0 aromatic carbocycles. The van der Waals surface area contributed by atoms with Gasteiger partial charge in [0, 0.05) is 18.6 Å². The molecule has 2 aliphatic heterocycles. The van der Waals surface area contributed by atoms with Gasteiger partial charge in [0.15, 0.2) is 5.03 Å². The molecule has 2 fully saturated rings. The average molecular weight is 314 g/mol. The van der Waals surface area contributed by atoms with Crippen molar-refractivity contribution in [1.82, 2.24) is 19.8 Å². The van der Waals surface area contributed by atoms with Gasteiger partial charge in [0.05, 0.1) is 6.20 Å². The number of nitrogens with zero attached hydrogens (tertiary/aromatic N) is 2. The number of rotatable bonds is 4. The largest absolute Gasteiger partial charge is 0.478 e. The Labute approximate surface area is 122 Å². The van der Waals surface area contributed by atoms with Crippen LogP contribution in [0.2, 0.25) is 0 Å². The Hall–Kier alpha value is -1.45. The molecule has 116 valence electrons. The number of fused-ring (bicyclic) bond motifs is 1.